The van der Waals surface area contributed by atoms with E-state index in [9.17, 15) is 9.90 Å². The Labute approximate surface area is 210 Å². The van der Waals surface area contributed by atoms with Crippen molar-refractivity contribution in [2.75, 3.05) is 26.2 Å². The molecule has 0 aliphatic carbocycles. The average Bonchev–Trinajstić information content (AvgIpc) is 3.28. The fraction of sp³-hybridized carbons (Fsp3) is 0.667. The second-order valence-electron chi connectivity index (χ2n) is 8.32. The van der Waals surface area contributed by atoms with Crippen LogP contribution in [0.5, 0.6) is 0 Å². The van der Waals surface area contributed by atoms with Gasteiger partial charge in [0.15, 0.2) is 5.96 Å². The van der Waals surface area contributed by atoms with Crippen LogP contribution in [0.2, 0.25) is 0 Å². The summed E-state index contributed by atoms with van der Waals surface area (Å²) in [7, 11) is 0. The molecule has 8 heteroatoms. The second kappa shape index (κ2) is 15.4. The van der Waals surface area contributed by atoms with Crippen molar-refractivity contribution in [1.29, 1.82) is 0 Å². The molecule has 32 heavy (non-hydrogen) atoms. The van der Waals surface area contributed by atoms with Crippen molar-refractivity contribution in [2.45, 2.75) is 77.5 Å². The number of carbonyl (C=O) groups is 1. The van der Waals surface area contributed by atoms with Crippen LogP contribution in [0.1, 0.15) is 75.2 Å². The molecule has 1 fully saturated rings. The third-order valence-corrected chi connectivity index (χ3v) is 5.48. The molecule has 1 aromatic rings. The number of benzene rings is 1. The average molecular weight is 561 g/mol. The standard InChI is InChI=1S/C24H40N4O3.HI/c1-4-12-24(30,13-5-2)18-28-23(25-6-3)27-16-19-9-7-10-20(15-19)22(29)26-17-21-11-8-14-31-21;/h7,9-10,15,21,30H,4-6,8,11-14,16-18H2,1-3H3,(H,26,29)(H2,25,27,28);1H. The number of hydrogen-bond acceptors (Lipinski definition) is 4. The minimum atomic E-state index is -0.721. The van der Waals surface area contributed by atoms with E-state index < -0.39 is 5.60 Å². The molecule has 1 amide bonds. The first-order valence-corrected chi connectivity index (χ1v) is 11.7. The van der Waals surface area contributed by atoms with Crippen molar-refractivity contribution in [1.82, 2.24) is 16.0 Å². The van der Waals surface area contributed by atoms with E-state index in [4.69, 9.17) is 4.74 Å². The summed E-state index contributed by atoms with van der Waals surface area (Å²) < 4.78 is 5.56. The Morgan fingerprint density at radius 1 is 1.19 bits per heavy atom. The summed E-state index contributed by atoms with van der Waals surface area (Å²) >= 11 is 0. The molecule has 7 nitrogen and oxygen atoms in total. The zero-order valence-electron chi connectivity index (χ0n) is 19.8. The summed E-state index contributed by atoms with van der Waals surface area (Å²) in [4.78, 5) is 17.1. The highest BCUT2D eigenvalue weighted by Crippen LogP contribution is 2.18. The molecule has 1 aliphatic heterocycles. The lowest BCUT2D eigenvalue weighted by Gasteiger charge is -2.28. The molecular weight excluding hydrogens is 519 g/mol. The van der Waals surface area contributed by atoms with Crippen molar-refractivity contribution < 1.29 is 14.6 Å². The largest absolute Gasteiger partial charge is 0.388 e. The number of aliphatic imine (C=N–C) groups is 1. The van der Waals surface area contributed by atoms with Crippen molar-refractivity contribution >= 4 is 35.8 Å². The summed E-state index contributed by atoms with van der Waals surface area (Å²) in [5.41, 5.74) is 0.865. The van der Waals surface area contributed by atoms with E-state index in [2.05, 4.69) is 34.8 Å². The Morgan fingerprint density at radius 3 is 2.56 bits per heavy atom. The van der Waals surface area contributed by atoms with Gasteiger partial charge < -0.3 is 25.8 Å². The molecule has 1 aromatic carbocycles. The van der Waals surface area contributed by atoms with E-state index in [-0.39, 0.29) is 36.0 Å². The van der Waals surface area contributed by atoms with E-state index in [1.807, 2.05) is 31.2 Å². The number of hydrogen-bond donors (Lipinski definition) is 4. The van der Waals surface area contributed by atoms with Crippen molar-refractivity contribution in [3.05, 3.63) is 35.4 Å². The molecule has 2 rings (SSSR count). The first-order chi connectivity index (χ1) is 15.0. The number of guanidine groups is 1. The highest BCUT2D eigenvalue weighted by atomic mass is 127. The Morgan fingerprint density at radius 2 is 1.94 bits per heavy atom. The topological polar surface area (TPSA) is 95.0 Å². The molecule has 4 N–H and O–H groups in total. The van der Waals surface area contributed by atoms with Gasteiger partial charge in [-0.1, -0.05) is 38.8 Å². The molecule has 1 atom stereocenters. The summed E-state index contributed by atoms with van der Waals surface area (Å²) in [5.74, 6) is 0.580. The van der Waals surface area contributed by atoms with Crippen LogP contribution in [0.4, 0.5) is 0 Å². The summed E-state index contributed by atoms with van der Waals surface area (Å²) in [6.07, 6.45) is 5.59. The van der Waals surface area contributed by atoms with Gasteiger partial charge in [-0.25, -0.2) is 4.99 Å². The van der Waals surface area contributed by atoms with E-state index in [0.29, 0.717) is 31.2 Å². The van der Waals surface area contributed by atoms with Crippen molar-refractivity contribution in [3.63, 3.8) is 0 Å². The minimum absolute atomic E-state index is 0. The quantitative estimate of drug-likeness (QED) is 0.178. The predicted octanol–water partition coefficient (Wildman–Crippen LogP) is 3.60. The summed E-state index contributed by atoms with van der Waals surface area (Å²) in [6.45, 7) is 9.17. The molecule has 0 saturated carbocycles. The molecule has 0 bridgehead atoms. The lowest BCUT2D eigenvalue weighted by molar-refractivity contribution is 0.0257. The van der Waals surface area contributed by atoms with E-state index in [1.54, 1.807) is 0 Å². The number of amides is 1. The second-order valence-corrected chi connectivity index (χ2v) is 8.32. The van der Waals surface area contributed by atoms with Crippen LogP contribution in [0.25, 0.3) is 0 Å². The minimum Gasteiger partial charge on any atom is -0.388 e. The molecule has 1 saturated heterocycles. The summed E-state index contributed by atoms with van der Waals surface area (Å²) in [6, 6.07) is 7.54. The number of carbonyl (C=O) groups excluding carboxylic acids is 1. The van der Waals surface area contributed by atoms with E-state index in [1.165, 1.54) is 0 Å². The molecule has 1 unspecified atom stereocenters. The van der Waals surface area contributed by atoms with Gasteiger partial charge in [-0.2, -0.15) is 0 Å². The van der Waals surface area contributed by atoms with Gasteiger partial charge in [-0.15, -0.1) is 24.0 Å². The van der Waals surface area contributed by atoms with E-state index >= 15 is 0 Å². The SMILES string of the molecule is CCCC(O)(CCC)CNC(=NCc1cccc(C(=O)NCC2CCCO2)c1)NCC.I. The van der Waals surface area contributed by atoms with Gasteiger partial charge in [-0.05, 0) is 50.3 Å². The Balaban J connectivity index is 0.00000512. The van der Waals surface area contributed by atoms with Crippen molar-refractivity contribution in [2.24, 2.45) is 4.99 Å². The first kappa shape index (κ1) is 28.6. The lowest BCUT2D eigenvalue weighted by Crippen LogP contribution is -2.47. The molecule has 0 radical (unpaired) electrons. The molecule has 0 spiro atoms. The fourth-order valence-corrected chi connectivity index (χ4v) is 3.92. The third kappa shape index (κ3) is 10.0. The number of nitrogens with zero attached hydrogens (tertiary/aromatic N) is 1. The Hall–Kier alpha value is -1.39. The van der Waals surface area contributed by atoms with Crippen LogP contribution < -0.4 is 16.0 Å². The normalized spacial score (nSPS) is 16.4. The number of rotatable bonds is 12. The molecule has 1 aliphatic rings. The molecule has 0 aromatic heterocycles. The number of ether oxygens (including phenoxy) is 1. The smallest absolute Gasteiger partial charge is 0.251 e. The van der Waals surface area contributed by atoms with Gasteiger partial charge in [0, 0.05) is 31.8 Å². The number of nitrogens with one attached hydrogen (secondary N) is 3. The van der Waals surface area contributed by atoms with Crippen LogP contribution in [-0.2, 0) is 11.3 Å². The maximum absolute atomic E-state index is 12.5. The first-order valence-electron chi connectivity index (χ1n) is 11.7. The van der Waals surface area contributed by atoms with Crippen LogP contribution in [0.3, 0.4) is 0 Å². The summed E-state index contributed by atoms with van der Waals surface area (Å²) in [5, 5.41) is 20.3. The van der Waals surface area contributed by atoms with Crippen LogP contribution in [0.15, 0.2) is 29.3 Å². The maximum atomic E-state index is 12.5. The van der Waals surface area contributed by atoms with Crippen LogP contribution >= 0.6 is 24.0 Å². The maximum Gasteiger partial charge on any atom is 0.251 e. The van der Waals surface area contributed by atoms with Gasteiger partial charge in [0.2, 0.25) is 0 Å². The van der Waals surface area contributed by atoms with Gasteiger partial charge in [0.1, 0.15) is 0 Å². The highest BCUT2D eigenvalue weighted by Gasteiger charge is 2.25. The predicted molar refractivity (Wildman–Crippen MR) is 141 cm³/mol. The highest BCUT2D eigenvalue weighted by molar-refractivity contribution is 14.0. The third-order valence-electron chi connectivity index (χ3n) is 5.48. The zero-order valence-corrected chi connectivity index (χ0v) is 22.1. The van der Waals surface area contributed by atoms with Crippen LogP contribution in [0, 0.1) is 0 Å². The van der Waals surface area contributed by atoms with Crippen LogP contribution in [-0.4, -0.2) is 54.9 Å². The number of aliphatic hydroxyl groups is 1. The monoisotopic (exact) mass is 560 g/mol. The Kier molecular flexibility index (Phi) is 13.8. The van der Waals surface area contributed by atoms with Gasteiger partial charge >= 0.3 is 0 Å². The van der Waals surface area contributed by atoms with Gasteiger partial charge in [-0.3, -0.25) is 4.79 Å². The Bertz CT molecular complexity index is 702. The molecule has 1 heterocycles. The van der Waals surface area contributed by atoms with Gasteiger partial charge in [0.25, 0.3) is 5.91 Å². The molecule has 182 valence electrons. The zero-order chi connectivity index (χ0) is 22.5. The number of halogens is 1. The van der Waals surface area contributed by atoms with E-state index in [0.717, 1.165) is 57.2 Å². The fourth-order valence-electron chi connectivity index (χ4n) is 3.92. The lowest BCUT2D eigenvalue weighted by atomic mass is 9.93. The van der Waals surface area contributed by atoms with Crippen molar-refractivity contribution in [3.8, 4) is 0 Å². The van der Waals surface area contributed by atoms with Gasteiger partial charge in [0.05, 0.1) is 18.2 Å². The molecular formula is C24H41IN4O3.